The van der Waals surface area contributed by atoms with E-state index in [0.29, 0.717) is 36.8 Å². The molecule has 0 radical (unpaired) electrons. The average molecular weight is 353 g/mol. The summed E-state index contributed by atoms with van der Waals surface area (Å²) in [5.74, 6) is 1.23. The maximum absolute atomic E-state index is 11.2. The number of hydrogen-bond acceptors (Lipinski definition) is 6. The van der Waals surface area contributed by atoms with E-state index in [0.717, 1.165) is 5.82 Å². The number of ether oxygens (including phenoxy) is 1. The van der Waals surface area contributed by atoms with E-state index in [1.165, 1.54) is 11.1 Å². The van der Waals surface area contributed by atoms with Gasteiger partial charge in [0.1, 0.15) is 18.5 Å². The van der Waals surface area contributed by atoms with Crippen molar-refractivity contribution in [3.8, 4) is 11.9 Å². The van der Waals surface area contributed by atoms with E-state index in [2.05, 4.69) is 14.9 Å². The lowest BCUT2D eigenvalue weighted by molar-refractivity contribution is 0.122. The fourth-order valence-electron chi connectivity index (χ4n) is 2.83. The molecule has 134 valence electrons. The van der Waals surface area contributed by atoms with Crippen molar-refractivity contribution in [2.45, 2.75) is 19.6 Å². The van der Waals surface area contributed by atoms with Crippen molar-refractivity contribution >= 4 is 11.9 Å². The molecule has 0 saturated carbocycles. The number of pyridine rings is 2. The van der Waals surface area contributed by atoms with Crippen LogP contribution in [-0.2, 0) is 6.61 Å². The molecule has 3 rings (SSSR count). The van der Waals surface area contributed by atoms with Crippen molar-refractivity contribution < 1.29 is 14.6 Å². The zero-order valence-corrected chi connectivity index (χ0v) is 14.4. The zero-order chi connectivity index (χ0) is 18.5. The molecule has 0 spiro atoms. The molecule has 1 aliphatic rings. The van der Waals surface area contributed by atoms with Crippen LogP contribution in [0.3, 0.4) is 0 Å². The first-order chi connectivity index (χ1) is 12.6. The van der Waals surface area contributed by atoms with E-state index in [1.54, 1.807) is 18.2 Å². The number of anilines is 1. The Morgan fingerprint density at radius 1 is 1.38 bits per heavy atom. The molecule has 2 aromatic rings. The SMILES string of the molecule is C[C@H]1CN(c2cccc(OCc3ccc(C#N)cn3)n2)CCN1C(=O)O. The van der Waals surface area contributed by atoms with Crippen LogP contribution in [-0.4, -0.2) is 51.7 Å². The average Bonchev–Trinajstić information content (AvgIpc) is 2.66. The molecular formula is C18H19N5O3. The van der Waals surface area contributed by atoms with E-state index < -0.39 is 6.09 Å². The van der Waals surface area contributed by atoms with E-state index in [1.807, 2.05) is 25.1 Å². The Labute approximate surface area is 151 Å². The van der Waals surface area contributed by atoms with Gasteiger partial charge in [-0.05, 0) is 25.1 Å². The first kappa shape index (κ1) is 17.5. The molecule has 0 aliphatic carbocycles. The van der Waals surface area contributed by atoms with E-state index in [4.69, 9.17) is 15.1 Å². The van der Waals surface area contributed by atoms with Crippen molar-refractivity contribution in [3.05, 3.63) is 47.8 Å². The predicted molar refractivity (Wildman–Crippen MR) is 93.9 cm³/mol. The van der Waals surface area contributed by atoms with Crippen molar-refractivity contribution in [1.29, 1.82) is 5.26 Å². The van der Waals surface area contributed by atoms with Crippen molar-refractivity contribution in [2.75, 3.05) is 24.5 Å². The minimum atomic E-state index is -0.892. The fourth-order valence-corrected chi connectivity index (χ4v) is 2.83. The largest absolute Gasteiger partial charge is 0.471 e. The number of hydrogen-bond donors (Lipinski definition) is 1. The quantitative estimate of drug-likeness (QED) is 0.898. The summed E-state index contributed by atoms with van der Waals surface area (Å²) in [6, 6.07) is 10.9. The van der Waals surface area contributed by atoms with Gasteiger partial charge < -0.3 is 19.6 Å². The summed E-state index contributed by atoms with van der Waals surface area (Å²) in [6.45, 7) is 3.76. The third-order valence-electron chi connectivity index (χ3n) is 4.23. The molecule has 0 aromatic carbocycles. The van der Waals surface area contributed by atoms with Gasteiger partial charge in [0.25, 0.3) is 0 Å². The number of aromatic nitrogens is 2. The van der Waals surface area contributed by atoms with Crippen LogP contribution in [0.2, 0.25) is 0 Å². The van der Waals surface area contributed by atoms with Gasteiger partial charge in [0.05, 0.1) is 11.3 Å². The van der Waals surface area contributed by atoms with Crippen LogP contribution >= 0.6 is 0 Å². The molecule has 1 aliphatic heterocycles. The van der Waals surface area contributed by atoms with E-state index >= 15 is 0 Å². The molecule has 8 nitrogen and oxygen atoms in total. The molecule has 26 heavy (non-hydrogen) atoms. The number of piperazine rings is 1. The van der Waals surface area contributed by atoms with Crippen LogP contribution in [0, 0.1) is 11.3 Å². The summed E-state index contributed by atoms with van der Waals surface area (Å²) in [4.78, 5) is 23.3. The second-order valence-electron chi connectivity index (χ2n) is 6.04. The van der Waals surface area contributed by atoms with Gasteiger partial charge in [-0.2, -0.15) is 10.2 Å². The first-order valence-electron chi connectivity index (χ1n) is 8.26. The van der Waals surface area contributed by atoms with E-state index in [-0.39, 0.29) is 12.6 Å². The number of carboxylic acid groups (broad SMARTS) is 1. The summed E-state index contributed by atoms with van der Waals surface area (Å²) in [5, 5.41) is 18.0. The van der Waals surface area contributed by atoms with E-state index in [9.17, 15) is 4.79 Å². The van der Waals surface area contributed by atoms with Gasteiger partial charge in [-0.25, -0.2) is 4.79 Å². The lowest BCUT2D eigenvalue weighted by Crippen LogP contribution is -2.53. The highest BCUT2D eigenvalue weighted by atomic mass is 16.5. The molecule has 0 unspecified atom stereocenters. The number of nitriles is 1. The predicted octanol–water partition coefficient (Wildman–Crippen LogP) is 2.12. The number of amides is 1. The Morgan fingerprint density at radius 3 is 2.88 bits per heavy atom. The molecular weight excluding hydrogens is 334 g/mol. The van der Waals surface area contributed by atoms with Crippen LogP contribution in [0.1, 0.15) is 18.2 Å². The molecule has 1 saturated heterocycles. The van der Waals surface area contributed by atoms with Crippen LogP contribution < -0.4 is 9.64 Å². The number of nitrogens with zero attached hydrogens (tertiary/aromatic N) is 5. The maximum Gasteiger partial charge on any atom is 0.407 e. The molecule has 0 bridgehead atoms. The third-order valence-corrected chi connectivity index (χ3v) is 4.23. The van der Waals surface area contributed by atoms with Crippen LogP contribution in [0.15, 0.2) is 36.5 Å². The monoisotopic (exact) mass is 353 g/mol. The second-order valence-corrected chi connectivity index (χ2v) is 6.04. The fraction of sp³-hybridized carbons (Fsp3) is 0.333. The minimum absolute atomic E-state index is 0.101. The molecule has 1 N–H and O–H groups in total. The van der Waals surface area contributed by atoms with Crippen molar-refractivity contribution in [2.24, 2.45) is 0 Å². The van der Waals surface area contributed by atoms with Gasteiger partial charge in [0.2, 0.25) is 5.88 Å². The van der Waals surface area contributed by atoms with Crippen LogP contribution in [0.25, 0.3) is 0 Å². The first-order valence-corrected chi connectivity index (χ1v) is 8.26. The number of carbonyl (C=O) groups is 1. The molecule has 3 heterocycles. The highest BCUT2D eigenvalue weighted by molar-refractivity contribution is 5.66. The molecule has 1 atom stereocenters. The molecule has 2 aromatic heterocycles. The smallest absolute Gasteiger partial charge is 0.407 e. The summed E-state index contributed by atoms with van der Waals surface area (Å²) in [5.41, 5.74) is 1.21. The van der Waals surface area contributed by atoms with Crippen molar-refractivity contribution in [1.82, 2.24) is 14.9 Å². The highest BCUT2D eigenvalue weighted by Gasteiger charge is 2.27. The van der Waals surface area contributed by atoms with Crippen LogP contribution in [0.5, 0.6) is 5.88 Å². The maximum atomic E-state index is 11.2. The van der Waals surface area contributed by atoms with Gasteiger partial charge >= 0.3 is 6.09 Å². The number of rotatable bonds is 4. The third kappa shape index (κ3) is 4.00. The summed E-state index contributed by atoms with van der Waals surface area (Å²) in [6.07, 6.45) is 0.614. The van der Waals surface area contributed by atoms with Gasteiger partial charge in [-0.15, -0.1) is 0 Å². The van der Waals surface area contributed by atoms with Gasteiger partial charge in [-0.3, -0.25) is 4.98 Å². The molecule has 1 amide bonds. The summed E-state index contributed by atoms with van der Waals surface area (Å²) < 4.78 is 5.70. The topological polar surface area (TPSA) is 103 Å². The molecule has 8 heteroatoms. The zero-order valence-electron chi connectivity index (χ0n) is 14.4. The van der Waals surface area contributed by atoms with Crippen LogP contribution in [0.4, 0.5) is 10.6 Å². The van der Waals surface area contributed by atoms with Crippen molar-refractivity contribution in [3.63, 3.8) is 0 Å². The molecule has 1 fully saturated rings. The van der Waals surface area contributed by atoms with Gasteiger partial charge in [-0.1, -0.05) is 6.07 Å². The van der Waals surface area contributed by atoms with Gasteiger partial charge in [0.15, 0.2) is 0 Å². The Kier molecular flexibility index (Phi) is 5.17. The Bertz CT molecular complexity index is 818. The Morgan fingerprint density at radius 2 is 2.23 bits per heavy atom. The normalized spacial score (nSPS) is 16.8. The highest BCUT2D eigenvalue weighted by Crippen LogP contribution is 2.20. The minimum Gasteiger partial charge on any atom is -0.471 e. The summed E-state index contributed by atoms with van der Waals surface area (Å²) in [7, 11) is 0. The standard InChI is InChI=1S/C18H19N5O3/c1-13-11-22(7-8-23(13)18(24)25)16-3-2-4-17(21-16)26-12-15-6-5-14(9-19)10-20-15/h2-6,10,13H,7-8,11-12H2,1H3,(H,24,25)/t13-/m0/s1. The Balaban J connectivity index is 1.63. The lowest BCUT2D eigenvalue weighted by atomic mass is 10.2. The van der Waals surface area contributed by atoms with Gasteiger partial charge in [0, 0.05) is 37.9 Å². The Hall–Kier alpha value is -3.34. The summed E-state index contributed by atoms with van der Waals surface area (Å²) >= 11 is 0. The second kappa shape index (κ2) is 7.70. The lowest BCUT2D eigenvalue weighted by Gasteiger charge is -2.38.